The van der Waals surface area contributed by atoms with E-state index in [1.54, 1.807) is 0 Å². The van der Waals surface area contributed by atoms with E-state index in [0.29, 0.717) is 0 Å². The Hall–Kier alpha value is -0.300. The minimum atomic E-state index is 0. The molecule has 0 radical (unpaired) electrons. The summed E-state index contributed by atoms with van der Waals surface area (Å²) in [6.07, 6.45) is 2.39. The van der Waals surface area contributed by atoms with Gasteiger partial charge in [-0.05, 0) is 32.4 Å². The predicted octanol–water partition coefficient (Wildman–Crippen LogP) is 3.53. The second-order valence-corrected chi connectivity index (χ2v) is 5.36. The summed E-state index contributed by atoms with van der Waals surface area (Å²) in [5, 5.41) is 6.60. The van der Waals surface area contributed by atoms with Gasteiger partial charge in [0.2, 0.25) is 0 Å². The van der Waals surface area contributed by atoms with E-state index >= 15 is 0 Å². The first-order chi connectivity index (χ1) is 8.26. The second kappa shape index (κ2) is 10.6. The van der Waals surface area contributed by atoms with Gasteiger partial charge in [-0.2, -0.15) is 0 Å². The zero-order valence-electron chi connectivity index (χ0n) is 11.5. The molecule has 0 saturated carbocycles. The van der Waals surface area contributed by atoms with Gasteiger partial charge in [0.1, 0.15) is 0 Å². The second-order valence-electron chi connectivity index (χ2n) is 3.99. The van der Waals surface area contributed by atoms with Crippen LogP contribution < -0.4 is 10.6 Å². The summed E-state index contributed by atoms with van der Waals surface area (Å²) < 4.78 is 0. The fraction of sp³-hybridized carbons (Fsp3) is 0.615. The van der Waals surface area contributed by atoms with Gasteiger partial charge in [-0.1, -0.05) is 13.3 Å². The van der Waals surface area contributed by atoms with Gasteiger partial charge >= 0.3 is 0 Å². The van der Waals surface area contributed by atoms with E-state index < -0.39 is 0 Å². The molecule has 0 saturated heterocycles. The van der Waals surface area contributed by atoms with Crippen molar-refractivity contribution in [2.45, 2.75) is 40.2 Å². The standard InChI is InChI=1S/C13H23N3S.HI/c1-4-6-9-15-13(14-5-2)16-10-12-8-7-11(3)17-12;/h7-8H,4-6,9-10H2,1-3H3,(H2,14,15,16);1H. The number of aliphatic imine (C=N–C) groups is 1. The smallest absolute Gasteiger partial charge is 0.191 e. The van der Waals surface area contributed by atoms with Crippen molar-refractivity contribution in [3.8, 4) is 0 Å². The van der Waals surface area contributed by atoms with Crippen LogP contribution in [0.5, 0.6) is 0 Å². The first kappa shape index (κ1) is 17.7. The average Bonchev–Trinajstić information content (AvgIpc) is 2.72. The molecular formula is C13H24IN3S. The minimum Gasteiger partial charge on any atom is -0.357 e. The summed E-state index contributed by atoms with van der Waals surface area (Å²) in [7, 11) is 0. The van der Waals surface area contributed by atoms with Gasteiger partial charge in [0.15, 0.2) is 5.96 Å². The van der Waals surface area contributed by atoms with Gasteiger partial charge in [-0.25, -0.2) is 4.99 Å². The van der Waals surface area contributed by atoms with Gasteiger partial charge in [0.05, 0.1) is 6.54 Å². The fourth-order valence-electron chi connectivity index (χ4n) is 1.45. The third-order valence-electron chi connectivity index (χ3n) is 2.36. The number of nitrogens with one attached hydrogen (secondary N) is 2. The monoisotopic (exact) mass is 381 g/mol. The summed E-state index contributed by atoms with van der Waals surface area (Å²) in [4.78, 5) is 7.24. The summed E-state index contributed by atoms with van der Waals surface area (Å²) in [5.41, 5.74) is 0. The number of unbranched alkanes of at least 4 members (excludes halogenated alkanes) is 1. The van der Waals surface area contributed by atoms with Crippen molar-refractivity contribution in [2.75, 3.05) is 13.1 Å². The van der Waals surface area contributed by atoms with Crippen LogP contribution >= 0.6 is 35.3 Å². The van der Waals surface area contributed by atoms with Crippen molar-refractivity contribution in [3.05, 3.63) is 21.9 Å². The van der Waals surface area contributed by atoms with Crippen LogP contribution in [0.1, 0.15) is 36.4 Å². The normalized spacial score (nSPS) is 10.9. The Bertz CT molecular complexity index is 350. The number of hydrogen-bond acceptors (Lipinski definition) is 2. The van der Waals surface area contributed by atoms with Crippen molar-refractivity contribution in [1.82, 2.24) is 10.6 Å². The third kappa shape index (κ3) is 7.20. The quantitative estimate of drug-likeness (QED) is 0.342. The molecule has 1 heterocycles. The maximum Gasteiger partial charge on any atom is 0.191 e. The highest BCUT2D eigenvalue weighted by atomic mass is 127. The Kier molecular flexibility index (Phi) is 10.4. The molecule has 0 aliphatic heterocycles. The number of hydrogen-bond donors (Lipinski definition) is 2. The summed E-state index contributed by atoms with van der Waals surface area (Å²) in [5.74, 6) is 0.923. The number of nitrogens with zero attached hydrogens (tertiary/aromatic N) is 1. The largest absolute Gasteiger partial charge is 0.357 e. The third-order valence-corrected chi connectivity index (χ3v) is 3.34. The van der Waals surface area contributed by atoms with Crippen LogP contribution in [0, 0.1) is 6.92 Å². The Morgan fingerprint density at radius 1 is 1.28 bits per heavy atom. The van der Waals surface area contributed by atoms with Gasteiger partial charge in [0, 0.05) is 22.8 Å². The molecule has 0 aliphatic carbocycles. The molecule has 0 amide bonds. The van der Waals surface area contributed by atoms with E-state index in [1.165, 1.54) is 22.6 Å². The van der Waals surface area contributed by atoms with Crippen LogP contribution in [0.4, 0.5) is 0 Å². The van der Waals surface area contributed by atoms with Gasteiger partial charge in [0.25, 0.3) is 0 Å². The first-order valence-electron chi connectivity index (χ1n) is 6.33. The molecule has 0 spiro atoms. The zero-order chi connectivity index (χ0) is 12.5. The molecule has 1 aromatic rings. The Morgan fingerprint density at radius 2 is 2.06 bits per heavy atom. The maximum atomic E-state index is 4.57. The molecule has 0 bridgehead atoms. The zero-order valence-corrected chi connectivity index (χ0v) is 14.6. The van der Waals surface area contributed by atoms with Crippen molar-refractivity contribution < 1.29 is 0 Å². The number of rotatable bonds is 6. The number of aryl methyl sites for hydroxylation is 1. The van der Waals surface area contributed by atoms with E-state index in [-0.39, 0.29) is 24.0 Å². The molecule has 1 aromatic heterocycles. The van der Waals surface area contributed by atoms with Crippen LogP contribution in [-0.4, -0.2) is 19.0 Å². The molecule has 5 heteroatoms. The number of thiophene rings is 1. The Labute approximate surface area is 131 Å². The molecule has 104 valence electrons. The van der Waals surface area contributed by atoms with Crippen molar-refractivity contribution in [3.63, 3.8) is 0 Å². The molecular weight excluding hydrogens is 357 g/mol. The summed E-state index contributed by atoms with van der Waals surface area (Å²) >= 11 is 1.81. The molecule has 0 unspecified atom stereocenters. The molecule has 0 atom stereocenters. The number of halogens is 1. The molecule has 0 aromatic carbocycles. The van der Waals surface area contributed by atoms with Crippen LogP contribution in [0.15, 0.2) is 17.1 Å². The lowest BCUT2D eigenvalue weighted by Crippen LogP contribution is -2.37. The molecule has 0 fully saturated rings. The van der Waals surface area contributed by atoms with E-state index in [1.807, 2.05) is 11.3 Å². The van der Waals surface area contributed by atoms with Crippen molar-refractivity contribution >= 4 is 41.3 Å². The van der Waals surface area contributed by atoms with E-state index in [2.05, 4.69) is 48.5 Å². The van der Waals surface area contributed by atoms with Crippen LogP contribution in [-0.2, 0) is 6.54 Å². The summed E-state index contributed by atoms with van der Waals surface area (Å²) in [6, 6.07) is 4.30. The highest BCUT2D eigenvalue weighted by Crippen LogP contribution is 2.15. The lowest BCUT2D eigenvalue weighted by atomic mass is 10.3. The molecule has 18 heavy (non-hydrogen) atoms. The van der Waals surface area contributed by atoms with Gasteiger partial charge in [-0.3, -0.25) is 0 Å². The first-order valence-corrected chi connectivity index (χ1v) is 7.15. The SMILES string of the molecule is CCCCNC(=NCc1ccc(C)s1)NCC.I. The minimum absolute atomic E-state index is 0. The molecule has 1 rings (SSSR count). The Balaban J connectivity index is 0.00000289. The lowest BCUT2D eigenvalue weighted by molar-refractivity contribution is 0.730. The van der Waals surface area contributed by atoms with Crippen LogP contribution in [0.25, 0.3) is 0 Å². The van der Waals surface area contributed by atoms with Crippen LogP contribution in [0.3, 0.4) is 0 Å². The van der Waals surface area contributed by atoms with Gasteiger partial charge < -0.3 is 10.6 Å². The fourth-order valence-corrected chi connectivity index (χ4v) is 2.27. The highest BCUT2D eigenvalue weighted by molar-refractivity contribution is 14.0. The average molecular weight is 381 g/mol. The Morgan fingerprint density at radius 3 is 2.61 bits per heavy atom. The molecule has 2 N–H and O–H groups in total. The lowest BCUT2D eigenvalue weighted by Gasteiger charge is -2.10. The van der Waals surface area contributed by atoms with Gasteiger partial charge in [-0.15, -0.1) is 35.3 Å². The number of guanidine groups is 1. The van der Waals surface area contributed by atoms with E-state index in [4.69, 9.17) is 0 Å². The van der Waals surface area contributed by atoms with Crippen LogP contribution in [0.2, 0.25) is 0 Å². The topological polar surface area (TPSA) is 36.4 Å². The summed E-state index contributed by atoms with van der Waals surface area (Å²) in [6.45, 7) is 9.07. The molecule has 0 aliphatic rings. The van der Waals surface area contributed by atoms with E-state index in [9.17, 15) is 0 Å². The highest BCUT2D eigenvalue weighted by Gasteiger charge is 1.98. The molecule has 3 nitrogen and oxygen atoms in total. The van der Waals surface area contributed by atoms with Crippen molar-refractivity contribution in [1.29, 1.82) is 0 Å². The predicted molar refractivity (Wildman–Crippen MR) is 92.2 cm³/mol. The van der Waals surface area contributed by atoms with E-state index in [0.717, 1.165) is 25.6 Å². The van der Waals surface area contributed by atoms with Crippen molar-refractivity contribution in [2.24, 2.45) is 4.99 Å². The maximum absolute atomic E-state index is 4.57.